The van der Waals surface area contributed by atoms with E-state index in [0.717, 1.165) is 27.9 Å². The number of aromatic nitrogens is 4. The molecule has 0 aromatic carbocycles. The lowest BCUT2D eigenvalue weighted by atomic mass is 10.3. The molecule has 0 radical (unpaired) electrons. The second-order valence-electron chi connectivity index (χ2n) is 5.59. The Labute approximate surface area is 138 Å². The summed E-state index contributed by atoms with van der Waals surface area (Å²) in [6.07, 6.45) is 0.250. The van der Waals surface area contributed by atoms with Crippen LogP contribution in [0.2, 0.25) is 0 Å². The van der Waals surface area contributed by atoms with Crippen molar-refractivity contribution >= 4 is 23.1 Å². The number of anilines is 1. The molecule has 0 fully saturated rings. The summed E-state index contributed by atoms with van der Waals surface area (Å²) >= 11 is 1.55. The third-order valence-electron chi connectivity index (χ3n) is 3.61. The highest BCUT2D eigenvalue weighted by molar-refractivity contribution is 7.12. The molecule has 3 rings (SSSR count). The fourth-order valence-corrected chi connectivity index (χ4v) is 3.47. The standard InChI is InChI=1S/C16H19N5OS/c1-10-7-14(20(4)19-10)18-15(22)8-13-9-23-16(17-13)21-11(2)5-6-12(21)3/h5-7,9H,8H2,1-4H3,(H,18,22). The average molecular weight is 329 g/mol. The lowest BCUT2D eigenvalue weighted by Crippen LogP contribution is -2.16. The maximum atomic E-state index is 12.2. The first-order valence-electron chi connectivity index (χ1n) is 7.34. The third kappa shape index (κ3) is 3.19. The zero-order valence-corrected chi connectivity index (χ0v) is 14.4. The minimum absolute atomic E-state index is 0.0919. The molecule has 0 saturated heterocycles. The lowest BCUT2D eigenvalue weighted by Gasteiger charge is -2.05. The van der Waals surface area contributed by atoms with E-state index in [2.05, 4.69) is 32.1 Å². The Morgan fingerprint density at radius 1 is 1.26 bits per heavy atom. The first kappa shape index (κ1) is 15.5. The Bertz CT molecular complexity index is 838. The van der Waals surface area contributed by atoms with Gasteiger partial charge in [-0.1, -0.05) is 0 Å². The fraction of sp³-hybridized carbons (Fsp3) is 0.312. The van der Waals surface area contributed by atoms with Gasteiger partial charge in [0.1, 0.15) is 5.82 Å². The van der Waals surface area contributed by atoms with Crippen molar-refractivity contribution in [2.75, 3.05) is 5.32 Å². The van der Waals surface area contributed by atoms with Crippen molar-refractivity contribution in [2.24, 2.45) is 7.05 Å². The van der Waals surface area contributed by atoms with Gasteiger partial charge in [0.25, 0.3) is 0 Å². The van der Waals surface area contributed by atoms with Gasteiger partial charge in [0, 0.05) is 29.9 Å². The van der Waals surface area contributed by atoms with Crippen LogP contribution in [0, 0.1) is 20.8 Å². The van der Waals surface area contributed by atoms with Gasteiger partial charge in [-0.25, -0.2) is 4.98 Å². The number of nitrogens with one attached hydrogen (secondary N) is 1. The maximum Gasteiger partial charge on any atom is 0.231 e. The predicted molar refractivity (Wildman–Crippen MR) is 91.2 cm³/mol. The van der Waals surface area contributed by atoms with Gasteiger partial charge in [-0.05, 0) is 32.9 Å². The Morgan fingerprint density at radius 3 is 2.57 bits per heavy atom. The van der Waals surface area contributed by atoms with Gasteiger partial charge < -0.3 is 5.32 Å². The van der Waals surface area contributed by atoms with Crippen LogP contribution in [-0.2, 0) is 18.3 Å². The summed E-state index contributed by atoms with van der Waals surface area (Å²) in [5.41, 5.74) is 3.92. The van der Waals surface area contributed by atoms with Crippen LogP contribution in [-0.4, -0.2) is 25.2 Å². The quantitative estimate of drug-likeness (QED) is 0.800. The van der Waals surface area contributed by atoms with Crippen LogP contribution < -0.4 is 5.32 Å². The molecule has 1 amide bonds. The van der Waals surface area contributed by atoms with Crippen molar-refractivity contribution in [2.45, 2.75) is 27.2 Å². The second-order valence-corrected chi connectivity index (χ2v) is 6.43. The lowest BCUT2D eigenvalue weighted by molar-refractivity contribution is -0.115. The summed E-state index contributed by atoms with van der Waals surface area (Å²) in [5.74, 6) is 0.603. The molecule has 0 spiro atoms. The van der Waals surface area contributed by atoms with Gasteiger partial charge in [-0.3, -0.25) is 14.0 Å². The summed E-state index contributed by atoms with van der Waals surface area (Å²) < 4.78 is 3.75. The van der Waals surface area contributed by atoms with Gasteiger partial charge in [-0.2, -0.15) is 5.10 Å². The molecule has 1 N–H and O–H groups in total. The predicted octanol–water partition coefficient (Wildman–Crippen LogP) is 2.77. The Kier molecular flexibility index (Phi) is 4.04. The molecule has 120 valence electrons. The van der Waals surface area contributed by atoms with E-state index in [-0.39, 0.29) is 12.3 Å². The van der Waals surface area contributed by atoms with Crippen LogP contribution >= 0.6 is 11.3 Å². The monoisotopic (exact) mass is 329 g/mol. The maximum absolute atomic E-state index is 12.2. The topological polar surface area (TPSA) is 64.7 Å². The van der Waals surface area contributed by atoms with Crippen LogP contribution in [0.4, 0.5) is 5.82 Å². The molecule has 3 heterocycles. The van der Waals surface area contributed by atoms with Gasteiger partial charge in [0.2, 0.25) is 5.91 Å². The molecule has 0 aliphatic rings. The summed E-state index contributed by atoms with van der Waals surface area (Å²) in [7, 11) is 1.81. The summed E-state index contributed by atoms with van der Waals surface area (Å²) in [6.45, 7) is 5.99. The number of nitrogens with zero attached hydrogens (tertiary/aromatic N) is 4. The largest absolute Gasteiger partial charge is 0.311 e. The highest BCUT2D eigenvalue weighted by atomic mass is 32.1. The number of thiazole rings is 1. The van der Waals surface area contributed by atoms with E-state index in [1.807, 2.05) is 32.2 Å². The molecule has 0 saturated carbocycles. The van der Waals surface area contributed by atoms with E-state index >= 15 is 0 Å². The molecule has 0 bridgehead atoms. The van der Waals surface area contributed by atoms with Crippen LogP contribution in [0.1, 0.15) is 22.8 Å². The van der Waals surface area contributed by atoms with Crippen molar-refractivity contribution in [3.8, 4) is 5.13 Å². The van der Waals surface area contributed by atoms with Crippen LogP contribution in [0.25, 0.3) is 5.13 Å². The summed E-state index contributed by atoms with van der Waals surface area (Å²) in [5, 5.41) is 9.90. The normalized spacial score (nSPS) is 11.0. The Hall–Kier alpha value is -2.41. The molecule has 0 aliphatic carbocycles. The van der Waals surface area contributed by atoms with Crippen LogP contribution in [0.5, 0.6) is 0 Å². The third-order valence-corrected chi connectivity index (χ3v) is 4.49. The van der Waals surface area contributed by atoms with E-state index in [0.29, 0.717) is 5.82 Å². The van der Waals surface area contributed by atoms with Crippen molar-refractivity contribution in [1.82, 2.24) is 19.3 Å². The number of carbonyl (C=O) groups excluding carboxylic acids is 1. The molecular formula is C16H19N5OS. The highest BCUT2D eigenvalue weighted by Gasteiger charge is 2.12. The molecule has 0 atom stereocenters. The molecule has 0 unspecified atom stereocenters. The minimum Gasteiger partial charge on any atom is -0.311 e. The number of hydrogen-bond acceptors (Lipinski definition) is 4. The summed E-state index contributed by atoms with van der Waals surface area (Å²) in [6, 6.07) is 5.97. The number of aryl methyl sites for hydroxylation is 4. The number of rotatable bonds is 4. The number of hydrogen-bond donors (Lipinski definition) is 1. The zero-order valence-electron chi connectivity index (χ0n) is 13.6. The van der Waals surface area contributed by atoms with Gasteiger partial charge in [0.05, 0.1) is 17.8 Å². The molecule has 3 aromatic heterocycles. The SMILES string of the molecule is Cc1cc(NC(=O)Cc2csc(-n3c(C)ccc3C)n2)n(C)n1. The van der Waals surface area contributed by atoms with Gasteiger partial charge in [-0.15, -0.1) is 11.3 Å². The van der Waals surface area contributed by atoms with Crippen molar-refractivity contribution in [3.63, 3.8) is 0 Å². The van der Waals surface area contributed by atoms with Crippen LogP contribution in [0.15, 0.2) is 23.6 Å². The average Bonchev–Trinajstić information content (AvgIpc) is 3.12. The summed E-state index contributed by atoms with van der Waals surface area (Å²) in [4.78, 5) is 16.8. The van der Waals surface area contributed by atoms with E-state index < -0.39 is 0 Å². The van der Waals surface area contributed by atoms with Gasteiger partial charge in [0.15, 0.2) is 5.13 Å². The van der Waals surface area contributed by atoms with Crippen molar-refractivity contribution < 1.29 is 4.79 Å². The molecule has 6 nitrogen and oxygen atoms in total. The van der Waals surface area contributed by atoms with E-state index in [1.165, 1.54) is 0 Å². The first-order valence-corrected chi connectivity index (χ1v) is 8.22. The van der Waals surface area contributed by atoms with Gasteiger partial charge >= 0.3 is 0 Å². The molecule has 0 aliphatic heterocycles. The molecule has 7 heteroatoms. The molecule has 23 heavy (non-hydrogen) atoms. The first-order chi connectivity index (χ1) is 10.9. The van der Waals surface area contributed by atoms with Crippen molar-refractivity contribution in [3.05, 3.63) is 46.4 Å². The van der Waals surface area contributed by atoms with E-state index in [4.69, 9.17) is 0 Å². The van der Waals surface area contributed by atoms with Crippen LogP contribution in [0.3, 0.4) is 0 Å². The molecular weight excluding hydrogens is 310 g/mol. The fourth-order valence-electron chi connectivity index (χ4n) is 2.53. The zero-order chi connectivity index (χ0) is 16.6. The number of amides is 1. The van der Waals surface area contributed by atoms with E-state index in [1.54, 1.807) is 23.1 Å². The van der Waals surface area contributed by atoms with E-state index in [9.17, 15) is 4.79 Å². The highest BCUT2D eigenvalue weighted by Crippen LogP contribution is 2.20. The second kappa shape index (κ2) is 6.00. The minimum atomic E-state index is -0.0919. The Balaban J connectivity index is 1.72. The number of carbonyl (C=O) groups is 1. The van der Waals surface area contributed by atoms with Crippen molar-refractivity contribution in [1.29, 1.82) is 0 Å². The Morgan fingerprint density at radius 2 is 1.96 bits per heavy atom. The smallest absolute Gasteiger partial charge is 0.231 e. The molecule has 3 aromatic rings.